The van der Waals surface area contributed by atoms with Gasteiger partial charge in [-0.2, -0.15) is 4.31 Å². The topological polar surface area (TPSA) is 59.1 Å². The van der Waals surface area contributed by atoms with Crippen molar-refractivity contribution in [3.05, 3.63) is 18.2 Å². The van der Waals surface area contributed by atoms with Crippen LogP contribution >= 0.6 is 0 Å². The number of methoxy groups -OCH3 is 2. The molecule has 6 nitrogen and oxygen atoms in total. The first-order valence-electron chi connectivity index (χ1n) is 8.93. The third kappa shape index (κ3) is 3.00. The van der Waals surface area contributed by atoms with E-state index in [0.717, 1.165) is 13.0 Å². The van der Waals surface area contributed by atoms with Gasteiger partial charge in [-0.15, -0.1) is 0 Å². The second-order valence-electron chi connectivity index (χ2n) is 8.63. The van der Waals surface area contributed by atoms with Crippen LogP contribution in [0.15, 0.2) is 23.1 Å². The van der Waals surface area contributed by atoms with E-state index in [9.17, 15) is 8.42 Å². The van der Waals surface area contributed by atoms with Crippen LogP contribution < -0.4 is 9.47 Å². The molecular weight excluding hydrogens is 352 g/mol. The van der Waals surface area contributed by atoms with E-state index in [1.807, 2.05) is 0 Å². The molecule has 1 heterocycles. The molecule has 0 radical (unpaired) electrons. The number of hydrogen-bond acceptors (Lipinski definition) is 5. The van der Waals surface area contributed by atoms with Gasteiger partial charge in [-0.1, -0.05) is 13.8 Å². The van der Waals surface area contributed by atoms with Crippen molar-refractivity contribution in [2.75, 3.05) is 47.9 Å². The fourth-order valence-electron chi connectivity index (χ4n) is 5.23. The van der Waals surface area contributed by atoms with Crippen LogP contribution in [0.25, 0.3) is 0 Å². The van der Waals surface area contributed by atoms with Crippen molar-refractivity contribution in [3.63, 3.8) is 0 Å². The molecule has 1 aliphatic carbocycles. The van der Waals surface area contributed by atoms with E-state index < -0.39 is 10.0 Å². The van der Waals surface area contributed by atoms with Crippen LogP contribution in [0.5, 0.6) is 11.5 Å². The van der Waals surface area contributed by atoms with Gasteiger partial charge in [0.15, 0.2) is 11.5 Å². The number of benzene rings is 1. The zero-order valence-corrected chi connectivity index (χ0v) is 17.4. The minimum atomic E-state index is -3.57. The number of hydrogen-bond donors (Lipinski definition) is 0. The smallest absolute Gasteiger partial charge is 0.243 e. The van der Waals surface area contributed by atoms with Gasteiger partial charge in [-0.3, -0.25) is 0 Å². The molecule has 1 aromatic rings. The maximum absolute atomic E-state index is 13.3. The second kappa shape index (κ2) is 6.39. The van der Waals surface area contributed by atoms with E-state index in [-0.39, 0.29) is 15.7 Å². The highest BCUT2D eigenvalue weighted by atomic mass is 32.2. The Hall–Kier alpha value is -1.31. The SMILES string of the molecule is COc1ccc(S(=O)(=O)N2C[C@@H]3C(C)(C)C[C@]3(CN(C)C)C2)cc1OC. The lowest BCUT2D eigenvalue weighted by molar-refractivity contribution is -0.0789. The lowest BCUT2D eigenvalue weighted by Gasteiger charge is -2.57. The highest BCUT2D eigenvalue weighted by Crippen LogP contribution is 2.63. The van der Waals surface area contributed by atoms with E-state index in [1.165, 1.54) is 14.2 Å². The van der Waals surface area contributed by atoms with Crippen molar-refractivity contribution in [2.24, 2.45) is 16.7 Å². The standard InChI is InChI=1S/C19H30N2O4S/c1-18(2)11-19(12-20(3)4)13-21(10-17(18)19)26(22,23)14-7-8-15(24-5)16(9-14)25-6/h7-9,17H,10-13H2,1-6H3/t17-,19+/m1/s1. The lowest BCUT2D eigenvalue weighted by Crippen LogP contribution is -2.57. The van der Waals surface area contributed by atoms with Crippen LogP contribution in [0.4, 0.5) is 0 Å². The summed E-state index contributed by atoms with van der Waals surface area (Å²) in [6.07, 6.45) is 1.06. The monoisotopic (exact) mass is 382 g/mol. The molecule has 0 aromatic heterocycles. The van der Waals surface area contributed by atoms with E-state index >= 15 is 0 Å². The molecule has 2 aliphatic rings. The fraction of sp³-hybridized carbons (Fsp3) is 0.684. The highest BCUT2D eigenvalue weighted by molar-refractivity contribution is 7.89. The van der Waals surface area contributed by atoms with Crippen LogP contribution in [0.2, 0.25) is 0 Å². The van der Waals surface area contributed by atoms with E-state index in [4.69, 9.17) is 9.47 Å². The van der Waals surface area contributed by atoms with Gasteiger partial charge in [0.25, 0.3) is 0 Å². The number of fused-ring (bicyclic) bond motifs is 1. The fourth-order valence-corrected chi connectivity index (χ4v) is 6.80. The maximum atomic E-state index is 13.3. The number of rotatable bonds is 6. The lowest BCUT2D eigenvalue weighted by atomic mass is 9.48. The van der Waals surface area contributed by atoms with Gasteiger partial charge in [0.1, 0.15) is 0 Å². The molecule has 0 bridgehead atoms. The van der Waals surface area contributed by atoms with Gasteiger partial charge in [0.05, 0.1) is 19.1 Å². The molecule has 2 fully saturated rings. The molecule has 7 heteroatoms. The van der Waals surface area contributed by atoms with Gasteiger partial charge in [-0.05, 0) is 44.0 Å². The maximum Gasteiger partial charge on any atom is 0.243 e. The summed E-state index contributed by atoms with van der Waals surface area (Å²) in [4.78, 5) is 2.43. The van der Waals surface area contributed by atoms with Crippen molar-refractivity contribution < 1.29 is 17.9 Å². The van der Waals surface area contributed by atoms with E-state index in [1.54, 1.807) is 22.5 Å². The highest BCUT2D eigenvalue weighted by Gasteiger charge is 2.64. The first-order chi connectivity index (χ1) is 12.1. The Morgan fingerprint density at radius 2 is 1.85 bits per heavy atom. The Morgan fingerprint density at radius 3 is 2.38 bits per heavy atom. The van der Waals surface area contributed by atoms with E-state index in [0.29, 0.717) is 30.5 Å². The van der Waals surface area contributed by atoms with Gasteiger partial charge >= 0.3 is 0 Å². The second-order valence-corrected chi connectivity index (χ2v) is 10.6. The Bertz CT molecular complexity index is 787. The zero-order chi connectivity index (χ0) is 19.3. The molecule has 0 N–H and O–H groups in total. The average molecular weight is 383 g/mol. The van der Waals surface area contributed by atoms with Gasteiger partial charge in [0.2, 0.25) is 10.0 Å². The molecule has 1 aliphatic heterocycles. The summed E-state index contributed by atoms with van der Waals surface area (Å²) in [7, 11) is 3.60. The minimum absolute atomic E-state index is 0.0522. The Labute approximate surface area is 157 Å². The molecular formula is C19H30N2O4S. The minimum Gasteiger partial charge on any atom is -0.493 e. The van der Waals surface area contributed by atoms with Crippen molar-refractivity contribution >= 4 is 10.0 Å². The third-order valence-corrected chi connectivity index (χ3v) is 7.80. The number of sulfonamides is 1. The molecule has 1 aromatic carbocycles. The predicted molar refractivity (Wildman–Crippen MR) is 101 cm³/mol. The molecule has 0 spiro atoms. The molecule has 1 saturated heterocycles. The van der Waals surface area contributed by atoms with Gasteiger partial charge in [0, 0.05) is 31.1 Å². The summed E-state index contributed by atoms with van der Waals surface area (Å²) in [5.41, 5.74) is 0.231. The van der Waals surface area contributed by atoms with E-state index in [2.05, 4.69) is 32.8 Å². The normalized spacial score (nSPS) is 27.9. The summed E-state index contributed by atoms with van der Waals surface area (Å²) >= 11 is 0. The van der Waals surface area contributed by atoms with Crippen molar-refractivity contribution in [1.29, 1.82) is 0 Å². The molecule has 0 amide bonds. The summed E-state index contributed by atoms with van der Waals surface area (Å²) in [5, 5.41) is 0. The van der Waals surface area contributed by atoms with Crippen LogP contribution in [0.3, 0.4) is 0 Å². The average Bonchev–Trinajstić information content (AvgIpc) is 2.88. The van der Waals surface area contributed by atoms with Gasteiger partial charge in [-0.25, -0.2) is 8.42 Å². The quantitative estimate of drug-likeness (QED) is 0.756. The molecule has 26 heavy (non-hydrogen) atoms. The summed E-state index contributed by atoms with van der Waals surface area (Å²) in [6, 6.07) is 4.80. The van der Waals surface area contributed by atoms with Gasteiger partial charge < -0.3 is 14.4 Å². The van der Waals surface area contributed by atoms with Crippen LogP contribution in [0.1, 0.15) is 20.3 Å². The Morgan fingerprint density at radius 1 is 1.19 bits per heavy atom. The van der Waals surface area contributed by atoms with Crippen LogP contribution in [-0.4, -0.2) is 65.6 Å². The number of nitrogens with zero attached hydrogens (tertiary/aromatic N) is 2. The Balaban J connectivity index is 1.92. The van der Waals surface area contributed by atoms with Crippen molar-refractivity contribution in [1.82, 2.24) is 9.21 Å². The van der Waals surface area contributed by atoms with Crippen LogP contribution in [-0.2, 0) is 10.0 Å². The Kier molecular flexibility index (Phi) is 4.78. The van der Waals surface area contributed by atoms with Crippen molar-refractivity contribution in [3.8, 4) is 11.5 Å². The first-order valence-corrected chi connectivity index (χ1v) is 10.4. The molecule has 0 unspecified atom stereocenters. The first kappa shape index (κ1) is 19.5. The number of ether oxygens (including phenoxy) is 2. The molecule has 146 valence electrons. The summed E-state index contributed by atoms with van der Waals surface area (Å²) in [5.74, 6) is 1.34. The molecule has 2 atom stereocenters. The molecule has 3 rings (SSSR count). The summed E-state index contributed by atoms with van der Waals surface area (Å²) < 4.78 is 38.7. The third-order valence-electron chi connectivity index (χ3n) is 5.99. The predicted octanol–water partition coefficient (Wildman–Crippen LogP) is 2.30. The van der Waals surface area contributed by atoms with Crippen molar-refractivity contribution in [2.45, 2.75) is 25.2 Å². The van der Waals surface area contributed by atoms with Crippen LogP contribution in [0, 0.1) is 16.7 Å². The zero-order valence-electron chi connectivity index (χ0n) is 16.6. The largest absolute Gasteiger partial charge is 0.493 e. The summed E-state index contributed by atoms with van der Waals surface area (Å²) in [6.45, 7) is 6.57. The molecule has 1 saturated carbocycles.